The lowest BCUT2D eigenvalue weighted by Gasteiger charge is -2.09. The van der Waals surface area contributed by atoms with E-state index in [0.717, 1.165) is 6.26 Å². The molecular weight excluding hydrogens is 260 g/mol. The summed E-state index contributed by atoms with van der Waals surface area (Å²) in [5, 5.41) is 0. The second kappa shape index (κ2) is 5.83. The minimum absolute atomic E-state index is 0.275. The van der Waals surface area contributed by atoms with Crippen molar-refractivity contribution in [1.82, 2.24) is 9.71 Å². The molecule has 0 N–H and O–H groups in total. The maximum atomic E-state index is 12.0. The highest BCUT2D eigenvalue weighted by atomic mass is 16.7. The quantitative estimate of drug-likeness (QED) is 0.626. The molecule has 0 atom stereocenters. The van der Waals surface area contributed by atoms with Gasteiger partial charge in [0.05, 0.1) is 23.6 Å². The van der Waals surface area contributed by atoms with E-state index in [1.807, 2.05) is 0 Å². The van der Waals surface area contributed by atoms with Crippen LogP contribution in [0.1, 0.15) is 26.3 Å². The van der Waals surface area contributed by atoms with E-state index < -0.39 is 11.9 Å². The van der Waals surface area contributed by atoms with Crippen LogP contribution in [0.2, 0.25) is 0 Å². The maximum Gasteiger partial charge on any atom is 0.363 e. The first-order chi connectivity index (χ1) is 9.63. The van der Waals surface area contributed by atoms with Gasteiger partial charge in [-0.3, -0.25) is 0 Å². The predicted molar refractivity (Wildman–Crippen MR) is 69.9 cm³/mol. The van der Waals surface area contributed by atoms with E-state index in [1.54, 1.807) is 25.1 Å². The molecule has 1 aromatic carbocycles. The van der Waals surface area contributed by atoms with Gasteiger partial charge in [-0.25, -0.2) is 14.6 Å². The minimum Gasteiger partial charge on any atom is -0.432 e. The highest BCUT2D eigenvalue weighted by Crippen LogP contribution is 2.15. The average molecular weight is 272 g/mol. The van der Waals surface area contributed by atoms with Crippen molar-refractivity contribution in [3.63, 3.8) is 0 Å². The van der Waals surface area contributed by atoms with Crippen LogP contribution >= 0.6 is 0 Å². The third-order valence-electron chi connectivity index (χ3n) is 2.63. The number of imidazole rings is 1. The fraction of sp³-hybridized carbons (Fsp3) is 0.0714. The van der Waals surface area contributed by atoms with Crippen LogP contribution in [0.25, 0.3) is 0 Å². The highest BCUT2D eigenvalue weighted by molar-refractivity contribution is 5.98. The summed E-state index contributed by atoms with van der Waals surface area (Å²) in [6.07, 6.45) is 5.36. The summed E-state index contributed by atoms with van der Waals surface area (Å²) in [7, 11) is 0. The molecule has 0 saturated carbocycles. The Bertz CT molecular complexity index is 647. The van der Waals surface area contributed by atoms with Crippen LogP contribution in [-0.4, -0.2) is 21.7 Å². The number of carbonyl (C=O) groups is 2. The molecule has 0 amide bonds. The summed E-state index contributed by atoms with van der Waals surface area (Å²) in [5.41, 5.74) is 1.03. The molecule has 0 radical (unpaired) electrons. The van der Waals surface area contributed by atoms with Gasteiger partial charge in [-0.1, -0.05) is 12.6 Å². The first-order valence-electron chi connectivity index (χ1n) is 5.75. The summed E-state index contributed by atoms with van der Waals surface area (Å²) in [5.74, 6) is -1.16. The van der Waals surface area contributed by atoms with Gasteiger partial charge in [0.1, 0.15) is 6.33 Å². The molecule has 0 aliphatic rings. The number of carbonyl (C=O) groups excluding carboxylic acids is 2. The first-order valence-corrected chi connectivity index (χ1v) is 5.75. The lowest BCUT2D eigenvalue weighted by Crippen LogP contribution is -2.20. The number of hydrogen-bond acceptors (Lipinski definition) is 5. The van der Waals surface area contributed by atoms with Gasteiger partial charge < -0.3 is 9.57 Å². The van der Waals surface area contributed by atoms with Crippen LogP contribution in [-0.2, 0) is 4.74 Å². The number of rotatable bonds is 4. The van der Waals surface area contributed by atoms with Crippen LogP contribution in [0.3, 0.4) is 0 Å². The van der Waals surface area contributed by atoms with Crippen molar-refractivity contribution in [2.75, 3.05) is 0 Å². The van der Waals surface area contributed by atoms with Crippen LogP contribution < -0.4 is 4.84 Å². The van der Waals surface area contributed by atoms with Gasteiger partial charge >= 0.3 is 11.9 Å². The Morgan fingerprint density at radius 1 is 1.30 bits per heavy atom. The smallest absolute Gasteiger partial charge is 0.363 e. The van der Waals surface area contributed by atoms with E-state index in [4.69, 9.17) is 9.57 Å². The van der Waals surface area contributed by atoms with Gasteiger partial charge in [-0.2, -0.15) is 4.73 Å². The van der Waals surface area contributed by atoms with Crippen molar-refractivity contribution in [1.29, 1.82) is 0 Å². The molecule has 2 aromatic rings. The van der Waals surface area contributed by atoms with Gasteiger partial charge in [0.2, 0.25) is 0 Å². The zero-order valence-corrected chi connectivity index (χ0v) is 10.8. The molecule has 0 spiro atoms. The summed E-state index contributed by atoms with van der Waals surface area (Å²) >= 11 is 0. The lowest BCUT2D eigenvalue weighted by atomic mass is 10.0. The Morgan fingerprint density at radius 3 is 2.60 bits per heavy atom. The van der Waals surface area contributed by atoms with Gasteiger partial charge in [0.15, 0.2) is 0 Å². The number of benzene rings is 1. The SMILES string of the molecule is C=COC(=O)c1cccc(C(=O)On2ccnc2)c1C. The second-order valence-electron chi connectivity index (χ2n) is 3.85. The summed E-state index contributed by atoms with van der Waals surface area (Å²) in [4.78, 5) is 32.5. The zero-order chi connectivity index (χ0) is 14.5. The van der Waals surface area contributed by atoms with Gasteiger partial charge in [0, 0.05) is 6.20 Å². The first kappa shape index (κ1) is 13.5. The molecule has 6 heteroatoms. The van der Waals surface area contributed by atoms with E-state index in [2.05, 4.69) is 11.6 Å². The van der Waals surface area contributed by atoms with E-state index >= 15 is 0 Å². The Morgan fingerprint density at radius 2 is 2.00 bits per heavy atom. The monoisotopic (exact) mass is 272 g/mol. The summed E-state index contributed by atoms with van der Waals surface area (Å²) in [6, 6.07) is 4.71. The Balaban J connectivity index is 2.28. The van der Waals surface area contributed by atoms with Crippen molar-refractivity contribution in [3.05, 3.63) is 66.5 Å². The highest BCUT2D eigenvalue weighted by Gasteiger charge is 2.18. The zero-order valence-electron chi connectivity index (χ0n) is 10.8. The van der Waals surface area contributed by atoms with Crippen LogP contribution in [0.15, 0.2) is 49.8 Å². The second-order valence-corrected chi connectivity index (χ2v) is 3.85. The molecule has 0 fully saturated rings. The van der Waals surface area contributed by atoms with Crippen LogP contribution in [0.5, 0.6) is 0 Å². The predicted octanol–water partition coefficient (Wildman–Crippen LogP) is 1.76. The molecule has 0 unspecified atom stereocenters. The molecule has 20 heavy (non-hydrogen) atoms. The minimum atomic E-state index is -0.589. The van der Waals surface area contributed by atoms with Gasteiger partial charge in [-0.05, 0) is 24.6 Å². The molecule has 2 rings (SSSR count). The standard InChI is InChI=1S/C14H12N2O4/c1-3-19-13(17)11-5-4-6-12(10(11)2)14(18)20-16-8-7-15-9-16/h3-9H,1H2,2H3. The number of nitrogens with zero attached hydrogens (tertiary/aromatic N) is 2. The van der Waals surface area contributed by atoms with E-state index in [0.29, 0.717) is 5.56 Å². The van der Waals surface area contributed by atoms with Crippen molar-refractivity contribution in [3.8, 4) is 0 Å². The fourth-order valence-corrected chi connectivity index (χ4v) is 1.66. The number of aromatic nitrogens is 2. The third kappa shape index (κ3) is 2.74. The molecule has 1 heterocycles. The largest absolute Gasteiger partial charge is 0.432 e. The molecular formula is C14H12N2O4. The number of ether oxygens (including phenoxy) is 1. The maximum absolute atomic E-state index is 12.0. The van der Waals surface area contributed by atoms with Gasteiger partial charge in [0.25, 0.3) is 0 Å². The summed E-state index contributed by atoms with van der Waals surface area (Å²) in [6.45, 7) is 4.96. The lowest BCUT2D eigenvalue weighted by molar-refractivity contribution is 0.0459. The Labute approximate surface area is 115 Å². The molecule has 0 aliphatic heterocycles. The molecule has 0 bridgehead atoms. The Kier molecular flexibility index (Phi) is 3.95. The molecule has 0 aliphatic carbocycles. The van der Waals surface area contributed by atoms with Crippen LogP contribution in [0, 0.1) is 6.92 Å². The van der Waals surface area contributed by atoms with Crippen molar-refractivity contribution in [2.24, 2.45) is 0 Å². The normalized spacial score (nSPS) is 9.85. The molecule has 6 nitrogen and oxygen atoms in total. The number of hydrogen-bond donors (Lipinski definition) is 0. The van der Waals surface area contributed by atoms with Crippen molar-refractivity contribution < 1.29 is 19.2 Å². The number of esters is 1. The van der Waals surface area contributed by atoms with E-state index in [9.17, 15) is 9.59 Å². The molecule has 102 valence electrons. The van der Waals surface area contributed by atoms with E-state index in [1.165, 1.54) is 23.5 Å². The molecule has 1 aromatic heterocycles. The van der Waals surface area contributed by atoms with E-state index in [-0.39, 0.29) is 11.1 Å². The van der Waals surface area contributed by atoms with Crippen molar-refractivity contribution in [2.45, 2.75) is 6.92 Å². The summed E-state index contributed by atoms with van der Waals surface area (Å²) < 4.78 is 5.88. The van der Waals surface area contributed by atoms with Crippen molar-refractivity contribution >= 4 is 11.9 Å². The van der Waals surface area contributed by atoms with Crippen LogP contribution in [0.4, 0.5) is 0 Å². The topological polar surface area (TPSA) is 70.4 Å². The molecule has 0 saturated heterocycles. The van der Waals surface area contributed by atoms with Gasteiger partial charge in [-0.15, -0.1) is 0 Å². The average Bonchev–Trinajstić information content (AvgIpc) is 2.92. The fourth-order valence-electron chi connectivity index (χ4n) is 1.66. The Hall–Kier alpha value is -2.89. The third-order valence-corrected chi connectivity index (χ3v) is 2.63.